The van der Waals surface area contributed by atoms with Gasteiger partial charge in [0.25, 0.3) is 0 Å². The van der Waals surface area contributed by atoms with Crippen molar-refractivity contribution in [3.8, 4) is 0 Å². The van der Waals surface area contributed by atoms with Crippen LogP contribution in [0.25, 0.3) is 0 Å². The first-order valence-electron chi connectivity index (χ1n) is 10.4. The molecule has 0 unspecified atom stereocenters. The Hall–Kier alpha value is -1.95. The molecule has 0 saturated carbocycles. The molecule has 3 saturated heterocycles. The molecule has 3 heterocycles. The molecule has 1 aromatic carbocycles. The third-order valence-electron chi connectivity index (χ3n) is 6.65. The third-order valence-corrected chi connectivity index (χ3v) is 6.65. The predicted molar refractivity (Wildman–Crippen MR) is 105 cm³/mol. The zero-order chi connectivity index (χ0) is 19.8. The molecule has 0 radical (unpaired) electrons. The molecule has 4 rings (SSSR count). The number of hydrogen-bond donors (Lipinski definition) is 0. The van der Waals surface area contributed by atoms with E-state index in [-0.39, 0.29) is 36.1 Å². The topological polar surface area (TPSA) is 43.9 Å². The molecule has 0 aromatic heterocycles. The van der Waals surface area contributed by atoms with Crippen LogP contribution in [-0.4, -0.2) is 72.3 Å². The summed E-state index contributed by atoms with van der Waals surface area (Å²) in [4.78, 5) is 32.0. The summed E-state index contributed by atoms with van der Waals surface area (Å²) in [6, 6.07) is 6.74. The number of likely N-dealkylation sites (tertiary alicyclic amines) is 1. The number of rotatable bonds is 4. The van der Waals surface area contributed by atoms with Crippen LogP contribution in [0, 0.1) is 17.7 Å². The van der Waals surface area contributed by atoms with E-state index in [4.69, 9.17) is 0 Å². The van der Waals surface area contributed by atoms with Crippen molar-refractivity contribution < 1.29 is 14.0 Å². The van der Waals surface area contributed by atoms with E-state index >= 15 is 0 Å². The second kappa shape index (κ2) is 7.82. The number of benzene rings is 1. The lowest BCUT2D eigenvalue weighted by Crippen LogP contribution is -2.67. The number of carbonyl (C=O) groups excluding carboxylic acids is 2. The average molecular weight is 387 g/mol. The van der Waals surface area contributed by atoms with Crippen LogP contribution in [0.3, 0.4) is 0 Å². The zero-order valence-electron chi connectivity index (χ0n) is 16.8. The van der Waals surface area contributed by atoms with Gasteiger partial charge >= 0.3 is 0 Å². The highest BCUT2D eigenvalue weighted by Gasteiger charge is 2.49. The van der Waals surface area contributed by atoms with Gasteiger partial charge in [-0.15, -0.1) is 0 Å². The van der Waals surface area contributed by atoms with Crippen molar-refractivity contribution in [1.29, 1.82) is 0 Å². The van der Waals surface area contributed by atoms with Crippen molar-refractivity contribution in [2.45, 2.75) is 44.2 Å². The first kappa shape index (κ1) is 19.4. The van der Waals surface area contributed by atoms with E-state index in [9.17, 15) is 14.0 Å². The van der Waals surface area contributed by atoms with Crippen LogP contribution in [0.1, 0.15) is 31.2 Å². The van der Waals surface area contributed by atoms with Gasteiger partial charge in [-0.1, -0.05) is 12.1 Å². The van der Waals surface area contributed by atoms with Crippen LogP contribution < -0.4 is 0 Å². The van der Waals surface area contributed by atoms with Crippen molar-refractivity contribution in [2.24, 2.45) is 11.8 Å². The molecule has 0 spiro atoms. The van der Waals surface area contributed by atoms with E-state index in [0.29, 0.717) is 31.3 Å². The molecule has 152 valence electrons. The molecule has 2 amide bonds. The number of nitrogens with zero attached hydrogens (tertiary/aromatic N) is 3. The maximum atomic E-state index is 13.5. The average Bonchev–Trinajstić information content (AvgIpc) is 2.65. The summed E-state index contributed by atoms with van der Waals surface area (Å²) in [5, 5.41) is 0. The maximum Gasteiger partial charge on any atom is 0.227 e. The van der Waals surface area contributed by atoms with Gasteiger partial charge in [-0.05, 0) is 62.9 Å². The van der Waals surface area contributed by atoms with Crippen molar-refractivity contribution in [2.75, 3.05) is 33.7 Å². The Bertz CT molecular complexity index is 753. The molecule has 28 heavy (non-hydrogen) atoms. The maximum absolute atomic E-state index is 13.5. The summed E-state index contributed by atoms with van der Waals surface area (Å²) in [5.74, 6) is 0.730. The zero-order valence-corrected chi connectivity index (χ0v) is 16.8. The summed E-state index contributed by atoms with van der Waals surface area (Å²) >= 11 is 0. The molecule has 3 fully saturated rings. The number of amides is 2. The van der Waals surface area contributed by atoms with Crippen LogP contribution in [0.2, 0.25) is 0 Å². The van der Waals surface area contributed by atoms with Crippen molar-refractivity contribution in [3.63, 3.8) is 0 Å². The van der Waals surface area contributed by atoms with Crippen molar-refractivity contribution in [3.05, 3.63) is 35.6 Å². The number of likely N-dealkylation sites (N-methyl/N-ethyl adjacent to an activating group) is 1. The van der Waals surface area contributed by atoms with Crippen LogP contribution >= 0.6 is 0 Å². The van der Waals surface area contributed by atoms with Gasteiger partial charge in [-0.2, -0.15) is 0 Å². The van der Waals surface area contributed by atoms with Gasteiger partial charge < -0.3 is 14.7 Å². The number of piperidine rings is 3. The fourth-order valence-corrected chi connectivity index (χ4v) is 5.52. The highest BCUT2D eigenvalue weighted by Crippen LogP contribution is 2.41. The summed E-state index contributed by atoms with van der Waals surface area (Å²) in [5.41, 5.74) is 0.722. The van der Waals surface area contributed by atoms with Gasteiger partial charge in [0.05, 0.1) is 6.42 Å². The lowest BCUT2D eigenvalue weighted by atomic mass is 9.72. The Morgan fingerprint density at radius 2 is 2.04 bits per heavy atom. The second-order valence-electron chi connectivity index (χ2n) is 8.95. The minimum absolute atomic E-state index is 0.0690. The Morgan fingerprint density at radius 1 is 1.25 bits per heavy atom. The molecule has 0 aliphatic carbocycles. The van der Waals surface area contributed by atoms with E-state index in [0.717, 1.165) is 31.4 Å². The molecule has 3 aliphatic heterocycles. The first-order valence-corrected chi connectivity index (χ1v) is 10.4. The fraction of sp³-hybridized carbons (Fsp3) is 0.636. The summed E-state index contributed by atoms with van der Waals surface area (Å²) in [6.45, 7) is 2.25. The molecule has 3 aliphatic rings. The minimum atomic E-state index is -0.303. The smallest absolute Gasteiger partial charge is 0.227 e. The lowest BCUT2D eigenvalue weighted by Gasteiger charge is -2.57. The molecular formula is C22H30FN3O2. The Labute approximate surface area is 166 Å². The summed E-state index contributed by atoms with van der Waals surface area (Å²) in [7, 11) is 4.09. The molecular weight excluding hydrogens is 357 g/mol. The van der Waals surface area contributed by atoms with E-state index in [2.05, 4.69) is 9.80 Å². The summed E-state index contributed by atoms with van der Waals surface area (Å²) in [6.07, 6.45) is 3.98. The molecule has 2 bridgehead atoms. The van der Waals surface area contributed by atoms with Crippen LogP contribution in [-0.2, 0) is 16.0 Å². The van der Waals surface area contributed by atoms with Gasteiger partial charge in [0.1, 0.15) is 5.82 Å². The van der Waals surface area contributed by atoms with Crippen molar-refractivity contribution in [1.82, 2.24) is 14.7 Å². The monoisotopic (exact) mass is 387 g/mol. The van der Waals surface area contributed by atoms with E-state index in [1.54, 1.807) is 6.07 Å². The van der Waals surface area contributed by atoms with E-state index in [1.165, 1.54) is 12.1 Å². The van der Waals surface area contributed by atoms with Crippen LogP contribution in [0.15, 0.2) is 24.3 Å². The number of carbonyl (C=O) groups is 2. The Balaban J connectivity index is 1.53. The minimum Gasteiger partial charge on any atom is -0.342 e. The predicted octanol–water partition coefficient (Wildman–Crippen LogP) is 2.16. The van der Waals surface area contributed by atoms with Gasteiger partial charge in [0.2, 0.25) is 11.8 Å². The molecule has 6 heteroatoms. The van der Waals surface area contributed by atoms with E-state index in [1.807, 2.05) is 25.1 Å². The highest BCUT2D eigenvalue weighted by molar-refractivity contribution is 5.80. The van der Waals surface area contributed by atoms with Crippen LogP contribution in [0.4, 0.5) is 4.39 Å². The SMILES string of the molecule is CN(C)C[C@H]1[C@H]2C[C@H](CN(C(=O)Cc3cccc(F)c3)C2)[C@@H]2CCCC(=O)N21. The molecule has 1 aromatic rings. The lowest BCUT2D eigenvalue weighted by molar-refractivity contribution is -0.156. The normalized spacial score (nSPS) is 29.8. The fourth-order valence-electron chi connectivity index (χ4n) is 5.52. The standard InChI is InChI=1S/C22H30FN3O2/c1-24(2)14-20-17-11-16(19-7-4-8-21(27)26(19)20)12-25(13-17)22(28)10-15-5-3-6-18(23)9-15/h3,5-6,9,16-17,19-20H,4,7-8,10-14H2,1-2H3/t16-,17+,19+,20+/m1/s1. The molecule has 0 N–H and O–H groups in total. The van der Waals surface area contributed by atoms with Crippen LogP contribution in [0.5, 0.6) is 0 Å². The van der Waals surface area contributed by atoms with Gasteiger partial charge in [-0.25, -0.2) is 4.39 Å². The second-order valence-corrected chi connectivity index (χ2v) is 8.95. The summed E-state index contributed by atoms with van der Waals surface area (Å²) < 4.78 is 13.5. The largest absolute Gasteiger partial charge is 0.342 e. The van der Waals surface area contributed by atoms with Gasteiger partial charge in [0.15, 0.2) is 0 Å². The Morgan fingerprint density at radius 3 is 2.79 bits per heavy atom. The first-order chi connectivity index (χ1) is 13.4. The van der Waals surface area contributed by atoms with E-state index < -0.39 is 0 Å². The van der Waals surface area contributed by atoms with Gasteiger partial charge in [0, 0.05) is 38.1 Å². The molecule has 5 nitrogen and oxygen atoms in total. The quantitative estimate of drug-likeness (QED) is 0.795. The van der Waals surface area contributed by atoms with Gasteiger partial charge in [-0.3, -0.25) is 9.59 Å². The number of fused-ring (bicyclic) bond motifs is 4. The number of halogens is 1. The number of hydrogen-bond acceptors (Lipinski definition) is 3. The highest BCUT2D eigenvalue weighted by atomic mass is 19.1. The molecule has 4 atom stereocenters. The third kappa shape index (κ3) is 3.79. The Kier molecular flexibility index (Phi) is 5.41. The van der Waals surface area contributed by atoms with Crippen molar-refractivity contribution >= 4 is 11.8 Å².